The maximum atomic E-state index is 4.27. The van der Waals surface area contributed by atoms with Crippen molar-refractivity contribution in [1.82, 2.24) is 4.98 Å². The summed E-state index contributed by atoms with van der Waals surface area (Å²) in [6, 6.07) is 23.7. The quantitative estimate of drug-likeness (QED) is 0.166. The molecule has 2 unspecified atom stereocenters. The normalized spacial score (nSPS) is 21.2. The second-order valence-electron chi connectivity index (χ2n) is 20.7. The number of aromatic amines is 1. The van der Waals surface area contributed by atoms with Crippen LogP contribution in [0.5, 0.6) is 0 Å². The molecule has 0 saturated carbocycles. The van der Waals surface area contributed by atoms with Gasteiger partial charge in [0.2, 0.25) is 0 Å². The largest absolute Gasteiger partial charge is 0.355 e. The van der Waals surface area contributed by atoms with Gasteiger partial charge in [0.25, 0.3) is 0 Å². The van der Waals surface area contributed by atoms with Gasteiger partial charge in [-0.25, -0.2) is 0 Å². The fourth-order valence-electron chi connectivity index (χ4n) is 11.4. The molecule has 2 nitrogen and oxygen atoms in total. The molecule has 6 aromatic rings. The Morgan fingerprint density at radius 3 is 2.52 bits per heavy atom. The highest BCUT2D eigenvalue weighted by atomic mass is 32.3. The van der Waals surface area contributed by atoms with Crippen molar-refractivity contribution in [2.24, 2.45) is 5.41 Å². The molecule has 2 N–H and O–H groups in total. The topological polar surface area (TPSA) is 27.8 Å². The van der Waals surface area contributed by atoms with Crippen LogP contribution >= 0.6 is 21.4 Å². The number of anilines is 2. The van der Waals surface area contributed by atoms with Crippen molar-refractivity contribution in [2.45, 2.75) is 122 Å². The number of H-pyrrole nitrogens is 1. The molecule has 4 aromatic carbocycles. The van der Waals surface area contributed by atoms with Crippen LogP contribution in [0.25, 0.3) is 44.0 Å². The van der Waals surface area contributed by atoms with Gasteiger partial charge in [-0.05, 0) is 168 Å². The van der Waals surface area contributed by atoms with Gasteiger partial charge < -0.3 is 10.3 Å². The number of hydrogen-bond donors (Lipinski definition) is 2. The van der Waals surface area contributed by atoms with Crippen molar-refractivity contribution >= 4 is 72.7 Å². The molecular weight excluding hydrogens is 764 g/mol. The molecule has 0 spiro atoms. The second kappa shape index (κ2) is 13.9. The van der Waals surface area contributed by atoms with Gasteiger partial charge in [0.15, 0.2) is 7.28 Å². The van der Waals surface area contributed by atoms with E-state index in [-0.39, 0.29) is 10.8 Å². The molecule has 2 aliphatic carbocycles. The summed E-state index contributed by atoms with van der Waals surface area (Å²) in [5.41, 5.74) is 23.7. The van der Waals surface area contributed by atoms with Gasteiger partial charge in [-0.2, -0.15) is 10.0 Å². The molecule has 60 heavy (non-hydrogen) atoms. The van der Waals surface area contributed by atoms with Crippen molar-refractivity contribution in [3.8, 4) is 22.3 Å². The highest BCUT2D eigenvalue weighted by Gasteiger charge is 2.49. The molecular formula is C55H60BN2S2. The van der Waals surface area contributed by atoms with Crippen LogP contribution in [0.15, 0.2) is 77.8 Å². The van der Waals surface area contributed by atoms with Crippen LogP contribution in [0.3, 0.4) is 0 Å². The number of fused-ring (bicyclic) bond motifs is 13. The van der Waals surface area contributed by atoms with Crippen molar-refractivity contribution in [2.75, 3.05) is 17.3 Å². The van der Waals surface area contributed by atoms with Crippen molar-refractivity contribution in [3.05, 3.63) is 122 Å². The van der Waals surface area contributed by atoms with E-state index in [4.69, 9.17) is 0 Å². The number of thiophene rings is 1. The van der Waals surface area contributed by atoms with Crippen LogP contribution in [0.4, 0.5) is 11.4 Å². The molecule has 5 heterocycles. The van der Waals surface area contributed by atoms with E-state index in [1.54, 1.807) is 16.2 Å². The Morgan fingerprint density at radius 2 is 1.68 bits per heavy atom. The standard InChI is InChI=1S/C55H60BN2S2/c1-32-16-9-10-17-35(32)39-31-45-43(28-33(39)2)56-50-41(40-29-34(23-24-44(40)57-45)55(6,7)26-25-54(3,4)5)30-42-36-18-11-12-21-46(36)59-52(42)49(50)38-20-15-19-37-48-47-22-13-14-27-60(47,8)53(48)58-51(37)38/h9-11,16-18,20,23-24,28-31,47,57-58H,12-15,19,21-22,25-27H2,1-8H3. The van der Waals surface area contributed by atoms with Crippen LogP contribution in [0, 0.1) is 19.3 Å². The second-order valence-corrected chi connectivity index (χ2v) is 25.5. The zero-order chi connectivity index (χ0) is 41.3. The summed E-state index contributed by atoms with van der Waals surface area (Å²) in [5.74, 6) is 1.39. The van der Waals surface area contributed by atoms with Crippen molar-refractivity contribution in [1.29, 1.82) is 0 Å². The highest BCUT2D eigenvalue weighted by molar-refractivity contribution is 8.34. The first-order valence-electron chi connectivity index (χ1n) is 22.8. The summed E-state index contributed by atoms with van der Waals surface area (Å²) in [6.45, 7) is 16.6. The van der Waals surface area contributed by atoms with E-state index in [0.29, 0.717) is 0 Å². The lowest BCUT2D eigenvalue weighted by atomic mass is 9.57. The number of aromatic nitrogens is 1. The van der Waals surface area contributed by atoms with Crippen LogP contribution < -0.4 is 16.2 Å². The van der Waals surface area contributed by atoms with E-state index in [0.717, 1.165) is 37.4 Å². The summed E-state index contributed by atoms with van der Waals surface area (Å²) in [5, 5.41) is 7.93. The van der Waals surface area contributed by atoms with Crippen molar-refractivity contribution in [3.63, 3.8) is 0 Å². The Kier molecular flexibility index (Phi) is 8.98. The maximum absolute atomic E-state index is 4.27. The van der Waals surface area contributed by atoms with Crippen LogP contribution in [0.1, 0.15) is 134 Å². The lowest BCUT2D eigenvalue weighted by Crippen LogP contribution is -2.35. The summed E-state index contributed by atoms with van der Waals surface area (Å²) in [7, 11) is 1.81. The van der Waals surface area contributed by atoms with E-state index in [9.17, 15) is 0 Å². The summed E-state index contributed by atoms with van der Waals surface area (Å²) < 4.78 is 1.46. The zero-order valence-corrected chi connectivity index (χ0v) is 38.7. The van der Waals surface area contributed by atoms with Crippen LogP contribution in [-0.4, -0.2) is 24.3 Å². The van der Waals surface area contributed by atoms with Gasteiger partial charge in [0, 0.05) is 42.7 Å². The third-order valence-electron chi connectivity index (χ3n) is 15.0. The van der Waals surface area contributed by atoms with Gasteiger partial charge in [-0.1, -0.05) is 107 Å². The van der Waals surface area contributed by atoms with E-state index >= 15 is 0 Å². The average Bonchev–Trinajstić information content (AvgIpc) is 3.77. The summed E-state index contributed by atoms with van der Waals surface area (Å²) >= 11 is 2.07. The third kappa shape index (κ3) is 6.03. The van der Waals surface area contributed by atoms with Crippen LogP contribution in [0.2, 0.25) is 0 Å². The molecule has 2 atom stereocenters. The minimum absolute atomic E-state index is 0.0289. The fraction of sp³-hybridized carbons (Fsp3) is 0.382. The van der Waals surface area contributed by atoms with E-state index in [1.807, 2.05) is 0 Å². The lowest BCUT2D eigenvalue weighted by Gasteiger charge is -2.55. The zero-order valence-electron chi connectivity index (χ0n) is 37.0. The van der Waals surface area contributed by atoms with Gasteiger partial charge in [-0.15, -0.1) is 11.3 Å². The first-order chi connectivity index (χ1) is 28.8. The van der Waals surface area contributed by atoms with Gasteiger partial charge >= 0.3 is 0 Å². The first kappa shape index (κ1) is 38.7. The van der Waals surface area contributed by atoms with Crippen molar-refractivity contribution < 1.29 is 0 Å². The number of rotatable bonds is 5. The molecule has 5 heteroatoms. The number of allylic oxidation sites excluding steroid dienone is 2. The van der Waals surface area contributed by atoms with E-state index in [1.165, 1.54) is 130 Å². The molecule has 5 aliphatic rings. The average molecular weight is 824 g/mol. The third-order valence-corrected chi connectivity index (χ3v) is 20.5. The van der Waals surface area contributed by atoms with Crippen LogP contribution in [-0.2, 0) is 18.3 Å². The lowest BCUT2D eigenvalue weighted by molar-refractivity contribution is 0.315. The Bertz CT molecular complexity index is 2840. The number of aryl methyl sites for hydroxylation is 3. The van der Waals surface area contributed by atoms with Gasteiger partial charge in [0.1, 0.15) is 0 Å². The van der Waals surface area contributed by atoms with E-state index < -0.39 is 10.0 Å². The summed E-state index contributed by atoms with van der Waals surface area (Å²) in [4.78, 5) is 5.81. The Balaban J connectivity index is 1.19. The predicted octanol–water partition coefficient (Wildman–Crippen LogP) is 14.4. The molecule has 1 radical (unpaired) electrons. The molecule has 305 valence electrons. The number of nitrogens with one attached hydrogen (secondary N) is 2. The molecule has 11 rings (SSSR count). The van der Waals surface area contributed by atoms with Gasteiger partial charge in [-0.3, -0.25) is 0 Å². The molecule has 0 amide bonds. The Morgan fingerprint density at radius 1 is 0.833 bits per heavy atom. The first-order valence-corrected chi connectivity index (χ1v) is 25.8. The molecule has 2 aromatic heterocycles. The fourth-order valence-corrected chi connectivity index (χ4v) is 16.7. The number of hydrogen-bond acceptors (Lipinski definition) is 2. The molecule has 0 bridgehead atoms. The Hall–Kier alpha value is -4.19. The summed E-state index contributed by atoms with van der Waals surface area (Å²) in [6.07, 6.45) is 21.1. The minimum atomic E-state index is -0.766. The van der Waals surface area contributed by atoms with E-state index in [2.05, 4.69) is 163 Å². The monoisotopic (exact) mass is 823 g/mol. The molecule has 3 aliphatic heterocycles. The number of benzene rings is 4. The highest BCUT2D eigenvalue weighted by Crippen LogP contribution is 2.78. The predicted molar refractivity (Wildman–Crippen MR) is 265 cm³/mol. The maximum Gasteiger partial charge on any atom is 0.195 e. The minimum Gasteiger partial charge on any atom is -0.355 e. The molecule has 1 fully saturated rings. The SMILES string of the molecule is Cc1ccccc1-c1cc2c(cc1C)[B]c1c(cc3c4c(sc3c1C1=CCCc3c1[nH]c1c3C3CCCCS13C)CCC=C4)-c1cc(C(C)(C)CCC(C)(C)C)ccc1N2. The smallest absolute Gasteiger partial charge is 0.195 e. The molecule has 1 saturated heterocycles. The van der Waals surface area contributed by atoms with Gasteiger partial charge in [0.05, 0.1) is 10.7 Å². The Labute approximate surface area is 365 Å².